The highest BCUT2D eigenvalue weighted by molar-refractivity contribution is 5.95. The Morgan fingerprint density at radius 1 is 1.18 bits per heavy atom. The lowest BCUT2D eigenvalue weighted by molar-refractivity contribution is 0.0962. The van der Waals surface area contributed by atoms with Gasteiger partial charge in [0, 0.05) is 12.1 Å². The molecule has 0 unspecified atom stereocenters. The minimum absolute atomic E-state index is 0.263. The van der Waals surface area contributed by atoms with Crippen LogP contribution in [0.4, 0.5) is 17.3 Å². The van der Waals surface area contributed by atoms with Gasteiger partial charge in [-0.05, 0) is 25.5 Å². The van der Waals surface area contributed by atoms with Gasteiger partial charge in [-0.25, -0.2) is 9.97 Å². The molecule has 0 aliphatic rings. The van der Waals surface area contributed by atoms with Gasteiger partial charge >= 0.3 is 0 Å². The molecule has 1 aromatic carbocycles. The normalized spacial score (nSPS) is 10.1. The second kappa shape index (κ2) is 7.26. The number of nitrogen functional groups attached to an aromatic ring is 1. The van der Waals surface area contributed by atoms with Crippen molar-refractivity contribution in [2.75, 3.05) is 23.0 Å². The van der Waals surface area contributed by atoms with Gasteiger partial charge in [0.25, 0.3) is 5.91 Å². The van der Waals surface area contributed by atoms with Crippen LogP contribution in [0, 0.1) is 6.92 Å². The maximum absolute atomic E-state index is 12.0. The zero-order valence-electron chi connectivity index (χ0n) is 12.7. The number of rotatable bonds is 6. The maximum Gasteiger partial charge on any atom is 0.269 e. The number of anilines is 3. The quantitative estimate of drug-likeness (QED) is 0.608. The molecule has 2 rings (SSSR count). The van der Waals surface area contributed by atoms with Crippen molar-refractivity contribution in [3.05, 3.63) is 41.7 Å². The smallest absolute Gasteiger partial charge is 0.269 e. The highest BCUT2D eigenvalue weighted by Gasteiger charge is 2.09. The minimum Gasteiger partial charge on any atom is -0.393 e. The van der Waals surface area contributed by atoms with E-state index in [4.69, 9.17) is 5.73 Å². The molecule has 0 fully saturated rings. The van der Waals surface area contributed by atoms with Gasteiger partial charge < -0.3 is 11.1 Å². The first-order valence-corrected chi connectivity index (χ1v) is 7.09. The Morgan fingerprint density at radius 2 is 1.86 bits per heavy atom. The van der Waals surface area contributed by atoms with Crippen molar-refractivity contribution in [3.63, 3.8) is 0 Å². The Hall–Kier alpha value is -2.83. The number of nitrogens with two attached hydrogens (primary N) is 1. The lowest BCUT2D eigenvalue weighted by atomic mass is 10.1. The van der Waals surface area contributed by atoms with Gasteiger partial charge in [0.05, 0.1) is 0 Å². The lowest BCUT2D eigenvalue weighted by Gasteiger charge is -2.12. The number of nitrogens with zero attached hydrogens (tertiary/aromatic N) is 2. The number of nitrogens with one attached hydrogen (secondary N) is 3. The van der Waals surface area contributed by atoms with E-state index >= 15 is 0 Å². The van der Waals surface area contributed by atoms with Crippen molar-refractivity contribution >= 4 is 23.2 Å². The second-order valence-corrected chi connectivity index (χ2v) is 4.86. The average molecular weight is 300 g/mol. The van der Waals surface area contributed by atoms with Gasteiger partial charge in [0.1, 0.15) is 12.0 Å². The lowest BCUT2D eigenvalue weighted by Crippen LogP contribution is -2.30. The van der Waals surface area contributed by atoms with Gasteiger partial charge in [-0.1, -0.05) is 24.6 Å². The fraction of sp³-hybridized carbons (Fsp3) is 0.267. The minimum atomic E-state index is -0.263. The van der Waals surface area contributed by atoms with Crippen molar-refractivity contribution in [2.24, 2.45) is 0 Å². The standard InChI is InChI=1S/C15H20N6O/c1-3-8-17-13-12(16)14(19-9-18-13)20-21-15(22)11-6-4-10(2)5-7-11/h4-7,9H,3,8,16H2,1-2H3,(H,21,22)(H2,17,18,19,20). The molecule has 5 N–H and O–H groups in total. The first kappa shape index (κ1) is 15.6. The van der Waals surface area contributed by atoms with E-state index in [1.54, 1.807) is 12.1 Å². The Kier molecular flexibility index (Phi) is 5.13. The zero-order chi connectivity index (χ0) is 15.9. The Bertz CT molecular complexity index is 641. The van der Waals surface area contributed by atoms with E-state index in [0.717, 1.165) is 18.5 Å². The largest absolute Gasteiger partial charge is 0.393 e. The Labute approximate surface area is 129 Å². The second-order valence-electron chi connectivity index (χ2n) is 4.86. The van der Waals surface area contributed by atoms with Crippen molar-refractivity contribution in [1.29, 1.82) is 0 Å². The van der Waals surface area contributed by atoms with E-state index in [9.17, 15) is 4.79 Å². The third-order valence-corrected chi connectivity index (χ3v) is 3.03. The predicted molar refractivity (Wildman–Crippen MR) is 87.5 cm³/mol. The van der Waals surface area contributed by atoms with Crippen LogP contribution >= 0.6 is 0 Å². The fourth-order valence-corrected chi connectivity index (χ4v) is 1.77. The van der Waals surface area contributed by atoms with Crippen molar-refractivity contribution in [3.8, 4) is 0 Å². The van der Waals surface area contributed by atoms with Gasteiger partial charge in [-0.15, -0.1) is 0 Å². The van der Waals surface area contributed by atoms with Crippen LogP contribution in [0.2, 0.25) is 0 Å². The number of hydrogen-bond acceptors (Lipinski definition) is 6. The number of carbonyl (C=O) groups is 1. The molecule has 1 heterocycles. The van der Waals surface area contributed by atoms with Crippen LogP contribution in [0.3, 0.4) is 0 Å². The molecule has 0 saturated heterocycles. The molecule has 0 aliphatic heterocycles. The van der Waals surface area contributed by atoms with Crippen LogP contribution in [-0.2, 0) is 0 Å². The summed E-state index contributed by atoms with van der Waals surface area (Å²) in [5.41, 5.74) is 13.3. The monoisotopic (exact) mass is 300 g/mol. The summed E-state index contributed by atoms with van der Waals surface area (Å²) in [6.45, 7) is 4.77. The number of amides is 1. The fourth-order valence-electron chi connectivity index (χ4n) is 1.77. The number of hydrogen-bond donors (Lipinski definition) is 4. The third-order valence-electron chi connectivity index (χ3n) is 3.03. The summed E-state index contributed by atoms with van der Waals surface area (Å²) in [6, 6.07) is 7.26. The number of carbonyl (C=O) groups excluding carboxylic acids is 1. The van der Waals surface area contributed by atoms with Crippen molar-refractivity contribution < 1.29 is 4.79 Å². The maximum atomic E-state index is 12.0. The predicted octanol–water partition coefficient (Wildman–Crippen LogP) is 1.95. The zero-order valence-corrected chi connectivity index (χ0v) is 12.7. The highest BCUT2D eigenvalue weighted by atomic mass is 16.2. The summed E-state index contributed by atoms with van der Waals surface area (Å²) in [4.78, 5) is 20.1. The van der Waals surface area contributed by atoms with Gasteiger partial charge in [-0.3, -0.25) is 15.6 Å². The molecule has 0 atom stereocenters. The molecule has 0 radical (unpaired) electrons. The molecule has 0 saturated carbocycles. The molecule has 2 aromatic rings. The van der Waals surface area contributed by atoms with Gasteiger partial charge in [-0.2, -0.15) is 0 Å². The number of benzene rings is 1. The SMILES string of the molecule is CCCNc1ncnc(NNC(=O)c2ccc(C)cc2)c1N. The van der Waals surface area contributed by atoms with E-state index < -0.39 is 0 Å². The third kappa shape index (κ3) is 3.85. The van der Waals surface area contributed by atoms with Crippen LogP contribution in [0.1, 0.15) is 29.3 Å². The molecule has 1 amide bonds. The van der Waals surface area contributed by atoms with E-state index in [2.05, 4.69) is 26.1 Å². The van der Waals surface area contributed by atoms with Crippen molar-refractivity contribution in [2.45, 2.75) is 20.3 Å². The molecule has 7 nitrogen and oxygen atoms in total. The van der Waals surface area contributed by atoms with E-state index in [1.165, 1.54) is 6.33 Å². The summed E-state index contributed by atoms with van der Waals surface area (Å²) in [5.74, 6) is 0.638. The summed E-state index contributed by atoms with van der Waals surface area (Å²) >= 11 is 0. The van der Waals surface area contributed by atoms with E-state index in [1.807, 2.05) is 26.0 Å². The Balaban J connectivity index is 2.02. The number of aromatic nitrogens is 2. The molecule has 0 spiro atoms. The Morgan fingerprint density at radius 3 is 2.55 bits per heavy atom. The van der Waals surface area contributed by atoms with E-state index in [0.29, 0.717) is 22.9 Å². The molecule has 22 heavy (non-hydrogen) atoms. The molecule has 7 heteroatoms. The van der Waals surface area contributed by atoms with Gasteiger partial charge in [0.15, 0.2) is 11.6 Å². The van der Waals surface area contributed by atoms with Gasteiger partial charge in [0.2, 0.25) is 0 Å². The number of hydrazine groups is 1. The topological polar surface area (TPSA) is 105 Å². The molecule has 0 aliphatic carbocycles. The van der Waals surface area contributed by atoms with Crippen LogP contribution in [0.5, 0.6) is 0 Å². The van der Waals surface area contributed by atoms with Crippen LogP contribution in [0.15, 0.2) is 30.6 Å². The summed E-state index contributed by atoms with van der Waals surface area (Å²) in [6.07, 6.45) is 2.34. The molecular formula is C15H20N6O. The summed E-state index contributed by atoms with van der Waals surface area (Å²) in [7, 11) is 0. The summed E-state index contributed by atoms with van der Waals surface area (Å²) < 4.78 is 0. The summed E-state index contributed by atoms with van der Waals surface area (Å²) in [5, 5.41) is 3.10. The number of aryl methyl sites for hydroxylation is 1. The van der Waals surface area contributed by atoms with Crippen LogP contribution < -0.4 is 21.9 Å². The first-order chi connectivity index (χ1) is 10.6. The van der Waals surface area contributed by atoms with Crippen LogP contribution in [-0.4, -0.2) is 22.4 Å². The van der Waals surface area contributed by atoms with E-state index in [-0.39, 0.29) is 5.91 Å². The first-order valence-electron chi connectivity index (χ1n) is 7.09. The molecule has 116 valence electrons. The molecular weight excluding hydrogens is 280 g/mol. The van der Waals surface area contributed by atoms with Crippen molar-refractivity contribution in [1.82, 2.24) is 15.4 Å². The van der Waals surface area contributed by atoms with Crippen LogP contribution in [0.25, 0.3) is 0 Å². The molecule has 1 aromatic heterocycles. The molecule has 0 bridgehead atoms. The average Bonchev–Trinajstić information content (AvgIpc) is 2.53. The highest BCUT2D eigenvalue weighted by Crippen LogP contribution is 2.21.